The highest BCUT2D eigenvalue weighted by Crippen LogP contribution is 2.34. The van der Waals surface area contributed by atoms with Crippen molar-refractivity contribution in [1.82, 2.24) is 14.8 Å². The molecule has 2 aromatic heterocycles. The average Bonchev–Trinajstić information content (AvgIpc) is 3.36. The van der Waals surface area contributed by atoms with Gasteiger partial charge >= 0.3 is 0 Å². The van der Waals surface area contributed by atoms with Crippen LogP contribution in [-0.4, -0.2) is 27.2 Å². The fraction of sp³-hybridized carbons (Fsp3) is 0.136. The minimum atomic E-state index is -0.838. The Balaban J connectivity index is 1.73. The number of aromatic amines is 1. The van der Waals surface area contributed by atoms with Gasteiger partial charge in [0.25, 0.3) is 5.56 Å². The lowest BCUT2D eigenvalue weighted by molar-refractivity contribution is -0.117. The van der Waals surface area contributed by atoms with Crippen LogP contribution in [0.1, 0.15) is 12.8 Å². The summed E-state index contributed by atoms with van der Waals surface area (Å²) in [6, 6.07) is 10.4. The maximum atomic E-state index is 14.5. The average molecular weight is 441 g/mol. The van der Waals surface area contributed by atoms with E-state index in [1.54, 1.807) is 29.2 Å². The number of hydrogen-bond donors (Lipinski definition) is 1. The molecule has 0 saturated carbocycles. The number of benzene rings is 2. The number of amides is 1. The second kappa shape index (κ2) is 7.31. The molecule has 1 N–H and O–H groups in total. The smallest absolute Gasteiger partial charge is 0.259 e. The minimum absolute atomic E-state index is 0.0562. The Labute approximate surface area is 179 Å². The lowest BCUT2D eigenvalue weighted by Gasteiger charge is -2.15. The van der Waals surface area contributed by atoms with E-state index in [0.717, 1.165) is 28.9 Å². The van der Waals surface area contributed by atoms with Crippen molar-refractivity contribution in [3.63, 3.8) is 0 Å². The summed E-state index contributed by atoms with van der Waals surface area (Å²) >= 11 is 6.30. The molecule has 3 heterocycles. The Morgan fingerprint density at radius 3 is 2.39 bits per heavy atom. The van der Waals surface area contributed by atoms with Gasteiger partial charge in [-0.05, 0) is 30.7 Å². The molecule has 9 heteroatoms. The number of anilines is 1. The highest BCUT2D eigenvalue weighted by Gasteiger charge is 2.24. The molecule has 0 atom stereocenters. The number of fused-ring (bicyclic) bond motifs is 1. The third-order valence-corrected chi connectivity index (χ3v) is 5.63. The van der Waals surface area contributed by atoms with E-state index in [1.807, 2.05) is 0 Å². The van der Waals surface area contributed by atoms with Crippen molar-refractivity contribution < 1.29 is 13.6 Å². The topological polar surface area (TPSA) is 71.0 Å². The number of nitrogens with one attached hydrogen (secondary N) is 1. The van der Waals surface area contributed by atoms with Gasteiger partial charge in [-0.2, -0.15) is 5.10 Å². The van der Waals surface area contributed by atoms with Gasteiger partial charge in [-0.3, -0.25) is 9.59 Å². The van der Waals surface area contributed by atoms with Gasteiger partial charge in [0.15, 0.2) is 11.6 Å². The van der Waals surface area contributed by atoms with Crippen LogP contribution < -0.4 is 10.5 Å². The molecule has 1 fully saturated rings. The summed E-state index contributed by atoms with van der Waals surface area (Å²) < 4.78 is 30.0. The quantitative estimate of drug-likeness (QED) is 0.512. The van der Waals surface area contributed by atoms with Crippen molar-refractivity contribution in [3.05, 3.63) is 75.7 Å². The molecule has 0 spiro atoms. The molecule has 2 aromatic carbocycles. The number of nitrogens with zero attached hydrogens (tertiary/aromatic N) is 3. The summed E-state index contributed by atoms with van der Waals surface area (Å²) in [7, 11) is 0. The van der Waals surface area contributed by atoms with Crippen LogP contribution >= 0.6 is 11.6 Å². The number of rotatable bonds is 3. The number of H-pyrrole nitrogens is 1. The Hall–Kier alpha value is -3.52. The first kappa shape index (κ1) is 19.4. The van der Waals surface area contributed by atoms with E-state index >= 15 is 0 Å². The number of halogens is 3. The van der Waals surface area contributed by atoms with Crippen molar-refractivity contribution in [2.75, 3.05) is 11.4 Å². The third-order valence-electron chi connectivity index (χ3n) is 5.34. The predicted octanol–water partition coefficient (Wildman–Crippen LogP) is 4.44. The van der Waals surface area contributed by atoms with Gasteiger partial charge in [-0.1, -0.05) is 29.8 Å². The minimum Gasteiger partial charge on any atom is -0.327 e. The van der Waals surface area contributed by atoms with Crippen LogP contribution in [0.5, 0.6) is 0 Å². The zero-order chi connectivity index (χ0) is 21.7. The monoisotopic (exact) mass is 440 g/mol. The molecule has 31 heavy (non-hydrogen) atoms. The summed E-state index contributed by atoms with van der Waals surface area (Å²) in [6.45, 7) is 0.650. The first-order valence-corrected chi connectivity index (χ1v) is 9.98. The van der Waals surface area contributed by atoms with Crippen LogP contribution in [0.4, 0.5) is 14.5 Å². The van der Waals surface area contributed by atoms with Crippen LogP contribution in [0.25, 0.3) is 27.8 Å². The largest absolute Gasteiger partial charge is 0.327 e. The van der Waals surface area contributed by atoms with Gasteiger partial charge in [0.1, 0.15) is 16.9 Å². The van der Waals surface area contributed by atoms with E-state index < -0.39 is 22.9 Å². The molecule has 0 unspecified atom stereocenters. The van der Waals surface area contributed by atoms with E-state index in [-0.39, 0.29) is 27.5 Å². The SMILES string of the molecule is O=C1CCCN1c1ccc(-c2nn(-c3c(F)cccc3F)c3c(Cl)c[nH]c(=O)c23)cc1. The Morgan fingerprint density at radius 1 is 1.03 bits per heavy atom. The van der Waals surface area contributed by atoms with Gasteiger partial charge in [0.05, 0.1) is 10.4 Å². The fourth-order valence-corrected chi connectivity index (χ4v) is 4.13. The van der Waals surface area contributed by atoms with Gasteiger partial charge in [0, 0.05) is 30.4 Å². The van der Waals surface area contributed by atoms with E-state index in [1.165, 1.54) is 12.3 Å². The van der Waals surface area contributed by atoms with E-state index in [2.05, 4.69) is 10.1 Å². The van der Waals surface area contributed by atoms with Gasteiger partial charge < -0.3 is 9.88 Å². The van der Waals surface area contributed by atoms with Crippen LogP contribution in [0.3, 0.4) is 0 Å². The van der Waals surface area contributed by atoms with Crippen molar-refractivity contribution in [2.45, 2.75) is 12.8 Å². The summed E-state index contributed by atoms with van der Waals surface area (Å²) in [5.74, 6) is -1.62. The highest BCUT2D eigenvalue weighted by molar-refractivity contribution is 6.35. The molecule has 5 rings (SSSR count). The number of pyridine rings is 1. The summed E-state index contributed by atoms with van der Waals surface area (Å²) in [5.41, 5.74) is 0.691. The highest BCUT2D eigenvalue weighted by atomic mass is 35.5. The van der Waals surface area contributed by atoms with E-state index in [4.69, 9.17) is 11.6 Å². The molecule has 6 nitrogen and oxygen atoms in total. The molecule has 0 radical (unpaired) electrons. The van der Waals surface area contributed by atoms with Crippen LogP contribution in [0, 0.1) is 11.6 Å². The molecule has 4 aromatic rings. The summed E-state index contributed by atoms with van der Waals surface area (Å²) in [6.07, 6.45) is 2.57. The summed E-state index contributed by atoms with van der Waals surface area (Å²) in [4.78, 5) is 28.9. The second-order valence-electron chi connectivity index (χ2n) is 7.22. The number of carbonyl (C=O) groups excluding carboxylic acids is 1. The van der Waals surface area contributed by atoms with Crippen LogP contribution in [0.2, 0.25) is 5.02 Å². The van der Waals surface area contributed by atoms with Crippen molar-refractivity contribution in [1.29, 1.82) is 0 Å². The molecule has 1 amide bonds. The van der Waals surface area contributed by atoms with Crippen LogP contribution in [0.15, 0.2) is 53.5 Å². The molecule has 0 bridgehead atoms. The van der Waals surface area contributed by atoms with Gasteiger partial charge in [-0.25, -0.2) is 13.5 Å². The molecule has 0 aliphatic carbocycles. The molecule has 1 saturated heterocycles. The van der Waals surface area contributed by atoms with E-state index in [9.17, 15) is 18.4 Å². The Kier molecular flexibility index (Phi) is 4.59. The zero-order valence-corrected chi connectivity index (χ0v) is 16.8. The standard InChI is InChI=1S/C22H15ClF2N4O2/c23-14-11-26-22(31)18-19(12-6-8-13(9-7-12)28-10-2-5-17(28)30)27-29(20(14)18)21-15(24)3-1-4-16(21)25/h1,3-4,6-9,11H,2,5,10H2,(H,26,31). The molecular formula is C22H15ClF2N4O2. The number of para-hydroxylation sites is 1. The van der Waals surface area contributed by atoms with Crippen molar-refractivity contribution in [3.8, 4) is 16.9 Å². The van der Waals surface area contributed by atoms with E-state index in [0.29, 0.717) is 18.5 Å². The third kappa shape index (κ3) is 3.11. The Bertz CT molecular complexity index is 1380. The predicted molar refractivity (Wildman–Crippen MR) is 114 cm³/mol. The second-order valence-corrected chi connectivity index (χ2v) is 7.62. The molecule has 156 valence electrons. The van der Waals surface area contributed by atoms with Crippen molar-refractivity contribution >= 4 is 34.1 Å². The fourth-order valence-electron chi connectivity index (χ4n) is 3.90. The first-order valence-electron chi connectivity index (χ1n) is 9.61. The van der Waals surface area contributed by atoms with Gasteiger partial charge in [-0.15, -0.1) is 0 Å². The molecule has 1 aliphatic rings. The zero-order valence-electron chi connectivity index (χ0n) is 16.0. The Morgan fingerprint density at radius 2 is 1.74 bits per heavy atom. The lowest BCUT2D eigenvalue weighted by atomic mass is 10.1. The molecule has 1 aliphatic heterocycles. The van der Waals surface area contributed by atoms with Gasteiger partial charge in [0.2, 0.25) is 5.91 Å². The number of aromatic nitrogens is 3. The lowest BCUT2D eigenvalue weighted by Crippen LogP contribution is -2.23. The normalized spacial score (nSPS) is 14.0. The summed E-state index contributed by atoms with van der Waals surface area (Å²) in [5, 5.41) is 4.57. The maximum Gasteiger partial charge on any atom is 0.259 e. The van der Waals surface area contributed by atoms with Crippen molar-refractivity contribution in [2.24, 2.45) is 0 Å². The van der Waals surface area contributed by atoms with Crippen LogP contribution in [-0.2, 0) is 4.79 Å². The number of hydrogen-bond acceptors (Lipinski definition) is 3. The number of carbonyl (C=O) groups is 1. The first-order chi connectivity index (χ1) is 15.0. The molecular weight excluding hydrogens is 426 g/mol. The maximum absolute atomic E-state index is 14.5.